The summed E-state index contributed by atoms with van der Waals surface area (Å²) in [5.74, 6) is -0.567. The second kappa shape index (κ2) is 30.6. The summed E-state index contributed by atoms with van der Waals surface area (Å²) < 4.78 is 38.5. The van der Waals surface area contributed by atoms with E-state index < -0.39 is 81.9 Å². The molecule has 0 saturated carbocycles. The van der Waals surface area contributed by atoms with Crippen LogP contribution < -0.4 is 21.3 Å². The normalized spacial score (nSPS) is 13.2. The first-order valence-electron chi connectivity index (χ1n) is 25.9. The molecule has 23 heteroatoms. The Morgan fingerprint density at radius 1 is 0.333 bits per heavy atom. The number of aliphatic imine (C=N–C) groups is 3. The molecule has 0 radical (unpaired) electrons. The van der Waals surface area contributed by atoms with Gasteiger partial charge in [-0.1, -0.05) is 38.5 Å². The van der Waals surface area contributed by atoms with Gasteiger partial charge in [0.15, 0.2) is 0 Å². The van der Waals surface area contributed by atoms with Crippen molar-refractivity contribution >= 4 is 60.5 Å². The van der Waals surface area contributed by atoms with Crippen LogP contribution in [0.5, 0.6) is 0 Å². The standard InChI is InChI=1S/C52H95N9O14/c1-46(2,3)69-39(62)55-36(56-40(63)70-47(4,5)6)53-32-28-24-22-26-30-34-60(44(67)74-51(16,17)18)38(59-43(66)73-50(13,14)15)61(45(68)75-52(19,20)21)35-31-27-23-25-29-33-54-37(57-41(64)71-48(7,8)9)58-42(65)72-49(10,11)12/h22-35H2,1-21H3,(H2,53,55,56,62,63)(H2,54,57,58,64,65). The number of carbonyl (C=O) groups excluding carboxylic acids is 7. The molecule has 0 aromatic heterocycles. The molecular weight excluding hydrogens is 975 g/mol. The van der Waals surface area contributed by atoms with Crippen LogP contribution in [0.15, 0.2) is 15.0 Å². The molecule has 432 valence electrons. The van der Waals surface area contributed by atoms with Gasteiger partial charge in [0.1, 0.15) is 39.2 Å². The van der Waals surface area contributed by atoms with Crippen molar-refractivity contribution in [3.63, 3.8) is 0 Å². The van der Waals surface area contributed by atoms with Gasteiger partial charge in [-0.2, -0.15) is 0 Å². The van der Waals surface area contributed by atoms with E-state index in [1.807, 2.05) is 0 Å². The molecule has 0 bridgehead atoms. The third-order valence-electron chi connectivity index (χ3n) is 8.43. The molecule has 0 heterocycles. The van der Waals surface area contributed by atoms with E-state index in [4.69, 9.17) is 33.2 Å². The molecule has 23 nitrogen and oxygen atoms in total. The first-order valence-corrected chi connectivity index (χ1v) is 25.9. The first kappa shape index (κ1) is 69.1. The topological polar surface area (TPSA) is 276 Å². The smallest absolute Gasteiger partial charge is 0.437 e. The minimum Gasteiger partial charge on any atom is -0.444 e. The highest BCUT2D eigenvalue weighted by Gasteiger charge is 2.35. The number of hydrogen-bond donors (Lipinski definition) is 4. The van der Waals surface area contributed by atoms with Gasteiger partial charge in [0.2, 0.25) is 17.9 Å². The van der Waals surface area contributed by atoms with Crippen LogP contribution in [0.3, 0.4) is 0 Å². The maximum Gasteiger partial charge on any atom is 0.437 e. The Morgan fingerprint density at radius 3 is 0.867 bits per heavy atom. The minimum atomic E-state index is -1.04. The Bertz CT molecular complexity index is 1830. The number of rotatable bonds is 16. The van der Waals surface area contributed by atoms with Crippen LogP contribution in [0.25, 0.3) is 0 Å². The molecule has 0 aliphatic rings. The molecule has 0 aromatic carbocycles. The van der Waals surface area contributed by atoms with Crippen molar-refractivity contribution in [2.75, 3.05) is 26.2 Å². The fourth-order valence-electron chi connectivity index (χ4n) is 5.85. The first-order chi connectivity index (χ1) is 33.9. The largest absolute Gasteiger partial charge is 0.444 e. The van der Waals surface area contributed by atoms with Crippen LogP contribution in [0.2, 0.25) is 0 Å². The van der Waals surface area contributed by atoms with Gasteiger partial charge in [-0.3, -0.25) is 10.6 Å². The minimum absolute atomic E-state index is 0.00437. The lowest BCUT2D eigenvalue weighted by atomic mass is 10.1. The van der Waals surface area contributed by atoms with E-state index in [1.165, 1.54) is 0 Å². The van der Waals surface area contributed by atoms with Crippen molar-refractivity contribution in [1.29, 1.82) is 0 Å². The predicted octanol–water partition coefficient (Wildman–Crippen LogP) is 11.5. The molecule has 0 aliphatic heterocycles. The average Bonchev–Trinajstić information content (AvgIpc) is 3.13. The zero-order chi connectivity index (χ0) is 58.2. The Balaban J connectivity index is 6.38. The fraction of sp³-hybridized carbons (Fsp3) is 0.808. The van der Waals surface area contributed by atoms with Crippen LogP contribution in [0, 0.1) is 0 Å². The SMILES string of the molecule is CC(C)(C)OC(=O)/N=C(/NCCCCCCCN(C(=O)OC(C)(C)C)/C(=N\C(=O)OC(C)(C)C)N(CCCCCCCN/C(=N\C(=O)OC(C)(C)C)NC(=O)OC(C)(C)C)C(=O)OC(C)(C)C)NC(=O)OC(C)(C)C. The van der Waals surface area contributed by atoms with E-state index in [2.05, 4.69) is 36.2 Å². The molecule has 0 aromatic rings. The van der Waals surface area contributed by atoms with E-state index >= 15 is 0 Å². The number of alkyl carbamates (subject to hydrolysis) is 2. The number of nitrogens with zero attached hydrogens (tertiary/aromatic N) is 5. The van der Waals surface area contributed by atoms with Crippen molar-refractivity contribution < 1.29 is 66.7 Å². The van der Waals surface area contributed by atoms with Crippen molar-refractivity contribution in [2.45, 2.75) is 249 Å². The summed E-state index contributed by atoms with van der Waals surface area (Å²) in [4.78, 5) is 106. The zero-order valence-electron chi connectivity index (χ0n) is 49.4. The van der Waals surface area contributed by atoms with Gasteiger partial charge in [0, 0.05) is 26.2 Å². The number of nitrogens with one attached hydrogen (secondary N) is 4. The summed E-state index contributed by atoms with van der Waals surface area (Å²) in [6, 6.07) is 0. The van der Waals surface area contributed by atoms with Crippen LogP contribution in [0.4, 0.5) is 33.6 Å². The quantitative estimate of drug-likeness (QED) is 0.0484. The third-order valence-corrected chi connectivity index (χ3v) is 8.43. The van der Waals surface area contributed by atoms with Gasteiger partial charge in [-0.15, -0.1) is 15.0 Å². The van der Waals surface area contributed by atoms with Crippen molar-refractivity contribution in [3.8, 4) is 0 Å². The van der Waals surface area contributed by atoms with Gasteiger partial charge in [-0.05, 0) is 171 Å². The number of hydrogen-bond acceptors (Lipinski definition) is 14. The fourth-order valence-corrected chi connectivity index (χ4v) is 5.85. The number of guanidine groups is 3. The second-order valence-electron chi connectivity index (χ2n) is 24.7. The molecule has 7 amide bonds. The highest BCUT2D eigenvalue weighted by molar-refractivity contribution is 6.05. The van der Waals surface area contributed by atoms with E-state index in [9.17, 15) is 33.6 Å². The Kier molecular flexibility index (Phi) is 28.2. The molecule has 0 atom stereocenters. The Morgan fingerprint density at radius 2 is 0.587 bits per heavy atom. The molecule has 0 unspecified atom stereocenters. The molecule has 0 saturated heterocycles. The van der Waals surface area contributed by atoms with E-state index in [0.717, 1.165) is 9.80 Å². The Labute approximate surface area is 447 Å². The highest BCUT2D eigenvalue weighted by Crippen LogP contribution is 2.20. The lowest BCUT2D eigenvalue weighted by molar-refractivity contribution is 0.0268. The predicted molar refractivity (Wildman–Crippen MR) is 288 cm³/mol. The molecule has 4 N–H and O–H groups in total. The molecule has 75 heavy (non-hydrogen) atoms. The molecule has 0 spiro atoms. The molecular formula is C52H95N9O14. The highest BCUT2D eigenvalue weighted by atomic mass is 16.6. The maximum atomic E-state index is 14.1. The maximum absolute atomic E-state index is 14.1. The number of amides is 7. The van der Waals surface area contributed by atoms with Crippen molar-refractivity contribution in [3.05, 3.63) is 0 Å². The monoisotopic (exact) mass is 1070 g/mol. The summed E-state index contributed by atoms with van der Waals surface area (Å²) in [7, 11) is 0. The molecule has 0 rings (SSSR count). The van der Waals surface area contributed by atoms with Crippen molar-refractivity contribution in [1.82, 2.24) is 31.1 Å². The van der Waals surface area contributed by atoms with Gasteiger partial charge >= 0.3 is 42.7 Å². The summed E-state index contributed by atoms with van der Waals surface area (Å²) in [6.07, 6.45) is -0.180. The van der Waals surface area contributed by atoms with Gasteiger partial charge in [0.25, 0.3) is 0 Å². The lowest BCUT2D eigenvalue weighted by Crippen LogP contribution is -2.53. The third kappa shape index (κ3) is 39.2. The summed E-state index contributed by atoms with van der Waals surface area (Å²) in [6.45, 7) is 36.2. The van der Waals surface area contributed by atoms with E-state index in [0.29, 0.717) is 77.3 Å². The van der Waals surface area contributed by atoms with Crippen LogP contribution in [-0.4, -0.2) is 136 Å². The average molecular weight is 1070 g/mol. The summed E-state index contributed by atoms with van der Waals surface area (Å²) >= 11 is 0. The summed E-state index contributed by atoms with van der Waals surface area (Å²) in [5.41, 5.74) is -6.11. The van der Waals surface area contributed by atoms with E-state index in [1.54, 1.807) is 145 Å². The van der Waals surface area contributed by atoms with Crippen LogP contribution >= 0.6 is 0 Å². The number of ether oxygens (including phenoxy) is 7. The number of unbranched alkanes of at least 4 members (excludes halogenated alkanes) is 8. The zero-order valence-corrected chi connectivity index (χ0v) is 49.4. The molecule has 0 fully saturated rings. The molecule has 0 aliphatic carbocycles. The number of carbonyl (C=O) groups is 7. The van der Waals surface area contributed by atoms with E-state index in [-0.39, 0.29) is 31.0 Å². The Hall–Kier alpha value is -5.90. The summed E-state index contributed by atoms with van der Waals surface area (Å²) in [5, 5.41) is 10.9. The van der Waals surface area contributed by atoms with Gasteiger partial charge < -0.3 is 43.8 Å². The second-order valence-corrected chi connectivity index (χ2v) is 24.7. The van der Waals surface area contributed by atoms with Gasteiger partial charge in [0.05, 0.1) is 0 Å². The lowest BCUT2D eigenvalue weighted by Gasteiger charge is -2.34. The van der Waals surface area contributed by atoms with Crippen LogP contribution in [-0.2, 0) is 33.2 Å². The van der Waals surface area contributed by atoms with Gasteiger partial charge in [-0.25, -0.2) is 43.4 Å². The van der Waals surface area contributed by atoms with Crippen molar-refractivity contribution in [2.24, 2.45) is 15.0 Å². The van der Waals surface area contributed by atoms with Crippen LogP contribution in [0.1, 0.15) is 210 Å².